The minimum Gasteiger partial charge on any atom is -0.356 e. The summed E-state index contributed by atoms with van der Waals surface area (Å²) >= 11 is 1.65. The van der Waals surface area contributed by atoms with Crippen molar-refractivity contribution in [3.05, 3.63) is 72.1 Å². The average Bonchev–Trinajstić information content (AvgIpc) is 3.14. The molecule has 6 heteroatoms. The molecule has 1 aromatic heterocycles. The van der Waals surface area contributed by atoms with E-state index in [4.69, 9.17) is 0 Å². The number of nitrogens with zero attached hydrogens (tertiary/aromatic N) is 3. The topological polar surface area (TPSA) is 59.8 Å². The zero-order chi connectivity index (χ0) is 21.2. The first-order chi connectivity index (χ1) is 14.6. The molecule has 5 nitrogen and oxygen atoms in total. The van der Waals surface area contributed by atoms with E-state index in [-0.39, 0.29) is 5.91 Å². The second-order valence-corrected chi connectivity index (χ2v) is 8.78. The Kier molecular flexibility index (Phi) is 8.51. The van der Waals surface area contributed by atoms with Gasteiger partial charge in [-0.1, -0.05) is 74.1 Å². The van der Waals surface area contributed by atoms with E-state index in [0.717, 1.165) is 48.2 Å². The molecule has 158 valence electrons. The molecule has 3 aromatic rings. The van der Waals surface area contributed by atoms with E-state index < -0.39 is 0 Å². The van der Waals surface area contributed by atoms with Crippen molar-refractivity contribution in [2.75, 3.05) is 12.3 Å². The smallest absolute Gasteiger partial charge is 0.220 e. The summed E-state index contributed by atoms with van der Waals surface area (Å²) in [6, 6.07) is 20.5. The van der Waals surface area contributed by atoms with Crippen molar-refractivity contribution >= 4 is 17.7 Å². The summed E-state index contributed by atoms with van der Waals surface area (Å²) in [6.07, 6.45) is 3.10. The van der Waals surface area contributed by atoms with Gasteiger partial charge in [-0.2, -0.15) is 0 Å². The number of amides is 1. The molecule has 1 amide bonds. The molecular weight excluding hydrogens is 392 g/mol. The number of benzene rings is 2. The molecule has 0 saturated carbocycles. The summed E-state index contributed by atoms with van der Waals surface area (Å²) in [5.41, 5.74) is 2.26. The molecule has 0 saturated heterocycles. The van der Waals surface area contributed by atoms with E-state index in [0.29, 0.717) is 12.3 Å². The fourth-order valence-electron chi connectivity index (χ4n) is 3.11. The minimum absolute atomic E-state index is 0.130. The Morgan fingerprint density at radius 3 is 2.43 bits per heavy atom. The number of aromatic nitrogens is 3. The van der Waals surface area contributed by atoms with Gasteiger partial charge in [0.05, 0.1) is 0 Å². The highest BCUT2D eigenvalue weighted by Gasteiger charge is 2.15. The molecule has 0 spiro atoms. The number of hydrogen-bond donors (Lipinski definition) is 1. The molecular formula is C24H30N4OS. The molecule has 0 aliphatic heterocycles. The molecule has 3 rings (SSSR count). The molecule has 0 unspecified atom stereocenters. The van der Waals surface area contributed by atoms with Gasteiger partial charge in [-0.3, -0.25) is 9.36 Å². The van der Waals surface area contributed by atoms with Gasteiger partial charge in [0.25, 0.3) is 0 Å². The van der Waals surface area contributed by atoms with Gasteiger partial charge in [0.1, 0.15) is 5.82 Å². The first-order valence-electron chi connectivity index (χ1n) is 10.6. The monoisotopic (exact) mass is 422 g/mol. The zero-order valence-corrected chi connectivity index (χ0v) is 18.6. The normalized spacial score (nSPS) is 11.0. The van der Waals surface area contributed by atoms with Crippen molar-refractivity contribution in [3.8, 4) is 5.69 Å². The van der Waals surface area contributed by atoms with Gasteiger partial charge in [-0.15, -0.1) is 10.2 Å². The number of rotatable bonds is 11. The van der Waals surface area contributed by atoms with Gasteiger partial charge >= 0.3 is 0 Å². The van der Waals surface area contributed by atoms with Gasteiger partial charge in [0.15, 0.2) is 5.16 Å². The van der Waals surface area contributed by atoms with Crippen LogP contribution in [0.25, 0.3) is 5.69 Å². The Labute approximate surface area is 183 Å². The second kappa shape index (κ2) is 11.6. The van der Waals surface area contributed by atoms with E-state index in [1.807, 2.05) is 36.4 Å². The van der Waals surface area contributed by atoms with Gasteiger partial charge in [-0.25, -0.2) is 0 Å². The minimum atomic E-state index is 0.130. The number of carbonyl (C=O) groups excluding carboxylic acids is 1. The summed E-state index contributed by atoms with van der Waals surface area (Å²) in [5.74, 6) is 2.48. The molecule has 2 aromatic carbocycles. The van der Waals surface area contributed by atoms with E-state index in [1.165, 1.54) is 5.56 Å². The number of thioether (sulfide) groups is 1. The van der Waals surface area contributed by atoms with Crippen LogP contribution in [0.3, 0.4) is 0 Å². The van der Waals surface area contributed by atoms with Crippen LogP contribution in [0, 0.1) is 5.92 Å². The fourth-order valence-corrected chi connectivity index (χ4v) is 4.02. The first-order valence-corrected chi connectivity index (χ1v) is 11.5. The zero-order valence-electron chi connectivity index (χ0n) is 17.8. The van der Waals surface area contributed by atoms with Crippen LogP contribution >= 0.6 is 11.8 Å². The van der Waals surface area contributed by atoms with Gasteiger partial charge in [-0.05, 0) is 36.5 Å². The molecule has 1 heterocycles. The maximum atomic E-state index is 12.0. The third-order valence-corrected chi connectivity index (χ3v) is 5.76. The Morgan fingerprint density at radius 2 is 1.73 bits per heavy atom. The third kappa shape index (κ3) is 6.73. The summed E-state index contributed by atoms with van der Waals surface area (Å²) in [5, 5.41) is 12.8. The van der Waals surface area contributed by atoms with Crippen LogP contribution < -0.4 is 5.32 Å². The molecule has 0 aliphatic rings. The number of carbonyl (C=O) groups is 1. The molecule has 0 aliphatic carbocycles. The lowest BCUT2D eigenvalue weighted by molar-refractivity contribution is -0.121. The summed E-state index contributed by atoms with van der Waals surface area (Å²) < 4.78 is 2.13. The highest BCUT2D eigenvalue weighted by Crippen LogP contribution is 2.24. The van der Waals surface area contributed by atoms with Gasteiger partial charge in [0.2, 0.25) is 5.91 Å². The van der Waals surface area contributed by atoms with Crippen molar-refractivity contribution in [3.63, 3.8) is 0 Å². The van der Waals surface area contributed by atoms with E-state index in [2.05, 4.69) is 58.2 Å². The van der Waals surface area contributed by atoms with Gasteiger partial charge < -0.3 is 5.32 Å². The second-order valence-electron chi connectivity index (χ2n) is 7.72. The molecule has 0 fully saturated rings. The average molecular weight is 423 g/mol. The number of para-hydroxylation sites is 1. The van der Waals surface area contributed by atoms with Crippen LogP contribution in [0.1, 0.15) is 44.5 Å². The maximum Gasteiger partial charge on any atom is 0.220 e. The standard InChI is InChI=1S/C24H30N4OS/c1-19(2)15-16-25-23(29)14-9-17-30-24-27-26-22(18-20-10-5-3-6-11-20)28(24)21-12-7-4-8-13-21/h3-8,10-13,19H,9,14-18H2,1-2H3,(H,25,29). The van der Waals surface area contributed by atoms with Gasteiger partial charge in [0, 0.05) is 30.8 Å². The predicted molar refractivity (Wildman–Crippen MR) is 123 cm³/mol. The largest absolute Gasteiger partial charge is 0.356 e. The van der Waals surface area contributed by atoms with Crippen LogP contribution in [0.4, 0.5) is 0 Å². The van der Waals surface area contributed by atoms with Crippen molar-refractivity contribution < 1.29 is 4.79 Å². The Hall–Kier alpha value is -2.60. The first kappa shape index (κ1) is 22.1. The Balaban J connectivity index is 1.61. The quantitative estimate of drug-likeness (QED) is 0.353. The highest BCUT2D eigenvalue weighted by molar-refractivity contribution is 7.99. The SMILES string of the molecule is CC(C)CCNC(=O)CCCSc1nnc(Cc2ccccc2)n1-c1ccccc1. The summed E-state index contributed by atoms with van der Waals surface area (Å²) in [7, 11) is 0. The molecule has 30 heavy (non-hydrogen) atoms. The van der Waals surface area contributed by atoms with Crippen molar-refractivity contribution in [2.45, 2.75) is 44.7 Å². The van der Waals surface area contributed by atoms with Crippen LogP contribution in [0.5, 0.6) is 0 Å². The Bertz CT molecular complexity index is 909. The fraction of sp³-hybridized carbons (Fsp3) is 0.375. The van der Waals surface area contributed by atoms with E-state index in [9.17, 15) is 4.79 Å². The lowest BCUT2D eigenvalue weighted by atomic mass is 10.1. The molecule has 0 bridgehead atoms. The van der Waals surface area contributed by atoms with Crippen molar-refractivity contribution in [1.82, 2.24) is 20.1 Å². The molecule has 0 atom stereocenters. The third-order valence-electron chi connectivity index (χ3n) is 4.74. The van der Waals surface area contributed by atoms with Crippen LogP contribution in [-0.4, -0.2) is 33.0 Å². The molecule has 0 radical (unpaired) electrons. The Morgan fingerprint density at radius 1 is 1.03 bits per heavy atom. The van der Waals surface area contributed by atoms with Crippen LogP contribution in [-0.2, 0) is 11.2 Å². The number of hydrogen-bond acceptors (Lipinski definition) is 4. The lowest BCUT2D eigenvalue weighted by Gasteiger charge is -2.10. The van der Waals surface area contributed by atoms with Crippen molar-refractivity contribution in [1.29, 1.82) is 0 Å². The summed E-state index contributed by atoms with van der Waals surface area (Å²) in [6.45, 7) is 5.09. The van der Waals surface area contributed by atoms with E-state index in [1.54, 1.807) is 11.8 Å². The predicted octanol–water partition coefficient (Wildman–Crippen LogP) is 4.89. The van der Waals surface area contributed by atoms with Crippen LogP contribution in [0.15, 0.2) is 65.8 Å². The van der Waals surface area contributed by atoms with Crippen LogP contribution in [0.2, 0.25) is 0 Å². The maximum absolute atomic E-state index is 12.0. The molecule has 1 N–H and O–H groups in total. The van der Waals surface area contributed by atoms with Crippen molar-refractivity contribution in [2.24, 2.45) is 5.92 Å². The lowest BCUT2D eigenvalue weighted by Crippen LogP contribution is -2.25. The highest BCUT2D eigenvalue weighted by atomic mass is 32.2. The number of nitrogens with one attached hydrogen (secondary N) is 1. The van der Waals surface area contributed by atoms with E-state index >= 15 is 0 Å². The summed E-state index contributed by atoms with van der Waals surface area (Å²) in [4.78, 5) is 12.0.